The fourth-order valence-electron chi connectivity index (χ4n) is 8.31. The number of hydrogen-bond acceptors (Lipinski definition) is 7. The van der Waals surface area contributed by atoms with Crippen LogP contribution in [-0.4, -0.2) is 72.3 Å². The Bertz CT molecular complexity index is 1620. The number of benzene rings is 2. The fourth-order valence-corrected chi connectivity index (χ4v) is 8.31. The van der Waals surface area contributed by atoms with Gasteiger partial charge in [-0.15, -0.1) is 0 Å². The lowest BCUT2D eigenvalue weighted by Crippen LogP contribution is -2.47. The summed E-state index contributed by atoms with van der Waals surface area (Å²) >= 11 is 0. The summed E-state index contributed by atoms with van der Waals surface area (Å²) in [6.07, 6.45) is 5.51. The second-order valence-electron chi connectivity index (χ2n) is 13.3. The number of hydrogen-bond donors (Lipinski definition) is 1. The molecule has 1 aliphatic carbocycles. The lowest BCUT2D eigenvalue weighted by molar-refractivity contribution is -0.144. The summed E-state index contributed by atoms with van der Waals surface area (Å²) in [7, 11) is 1.69. The summed E-state index contributed by atoms with van der Waals surface area (Å²) in [5.74, 6) is 0.392. The van der Waals surface area contributed by atoms with E-state index in [0.29, 0.717) is 31.2 Å². The van der Waals surface area contributed by atoms with Gasteiger partial charge in [0.15, 0.2) is 0 Å². The summed E-state index contributed by atoms with van der Waals surface area (Å²) in [4.78, 5) is 32.2. The third kappa shape index (κ3) is 6.52. The molecule has 0 spiro atoms. The topological polar surface area (TPSA) is 92.4 Å². The molecule has 0 unspecified atom stereocenters. The average Bonchev–Trinajstić information content (AvgIpc) is 3.81. The summed E-state index contributed by atoms with van der Waals surface area (Å²) < 4.78 is 18.0. The fraction of sp³-hybridized carbons (Fsp3) is 0.436. The number of allylic oxidation sites excluding steroid dienone is 1. The van der Waals surface area contributed by atoms with Crippen molar-refractivity contribution in [2.75, 3.05) is 33.4 Å². The SMILES string of the molecule is COCC1=C2[C@@H](CC/C(=C/c3ccc(CO)o3)c3ccccc3)OC[C@@H]2[C@@H]2C(=O)N(C3CCN(Cc4ccccc4)CC3)C(=O)[C@@H]2C1. The summed E-state index contributed by atoms with van der Waals surface area (Å²) in [6, 6.07) is 24.3. The number of aliphatic hydroxyl groups excluding tert-OH is 1. The molecule has 0 radical (unpaired) electrons. The van der Waals surface area contributed by atoms with Crippen LogP contribution >= 0.6 is 0 Å². The Morgan fingerprint density at radius 1 is 0.957 bits per heavy atom. The number of imide groups is 1. The Morgan fingerprint density at radius 2 is 1.70 bits per heavy atom. The van der Waals surface area contributed by atoms with E-state index in [1.165, 1.54) is 11.1 Å². The van der Waals surface area contributed by atoms with Crippen LogP contribution in [-0.2, 0) is 32.2 Å². The predicted molar refractivity (Wildman–Crippen MR) is 179 cm³/mol. The van der Waals surface area contributed by atoms with E-state index in [1.807, 2.05) is 36.4 Å². The first-order chi connectivity index (χ1) is 23.0. The third-order valence-corrected chi connectivity index (χ3v) is 10.5. The van der Waals surface area contributed by atoms with Gasteiger partial charge in [-0.2, -0.15) is 0 Å². The van der Waals surface area contributed by atoms with E-state index in [9.17, 15) is 14.7 Å². The van der Waals surface area contributed by atoms with Crippen molar-refractivity contribution in [3.05, 3.63) is 107 Å². The molecule has 4 atom stereocenters. The number of nitrogens with zero attached hydrogens (tertiary/aromatic N) is 2. The van der Waals surface area contributed by atoms with Gasteiger partial charge in [0.05, 0.1) is 31.2 Å². The monoisotopic (exact) mass is 636 g/mol. The Labute approximate surface area is 276 Å². The van der Waals surface area contributed by atoms with Crippen LogP contribution in [0.2, 0.25) is 0 Å². The molecule has 0 saturated carbocycles. The van der Waals surface area contributed by atoms with Gasteiger partial charge < -0.3 is 19.0 Å². The van der Waals surface area contributed by atoms with Gasteiger partial charge in [-0.25, -0.2) is 0 Å². The highest BCUT2D eigenvalue weighted by atomic mass is 16.5. The molecule has 3 aromatic rings. The van der Waals surface area contributed by atoms with E-state index < -0.39 is 0 Å². The molecule has 1 N–H and O–H groups in total. The van der Waals surface area contributed by atoms with E-state index in [4.69, 9.17) is 13.9 Å². The minimum Gasteiger partial charge on any atom is -0.459 e. The molecule has 3 aliphatic heterocycles. The van der Waals surface area contributed by atoms with Crippen molar-refractivity contribution in [1.29, 1.82) is 0 Å². The standard InChI is InChI=1S/C39H44N2O6/c1-45-24-29-21-33-37(39(44)41(38(33)43)30-16-18-40(19-17-30)22-26-8-4-2-5-9-26)34-25-46-35(36(29)34)15-12-28(27-10-6-3-7-11-27)20-31-13-14-32(23-42)47-31/h2-11,13-14,20,30,33-35,37,42H,12,15-19,21-25H2,1H3/b28-20-/t33-,34+,35-,37-/m1/s1. The van der Waals surface area contributed by atoms with Gasteiger partial charge in [0, 0.05) is 38.7 Å². The van der Waals surface area contributed by atoms with Crippen LogP contribution in [0.3, 0.4) is 0 Å². The first-order valence-corrected chi connectivity index (χ1v) is 16.9. The van der Waals surface area contributed by atoms with Crippen molar-refractivity contribution in [2.45, 2.75) is 57.4 Å². The minimum atomic E-state index is -0.366. The normalized spacial score (nSPS) is 25.5. The molecule has 2 aromatic carbocycles. The zero-order valence-electron chi connectivity index (χ0n) is 27.1. The first kappa shape index (κ1) is 31.8. The van der Waals surface area contributed by atoms with Crippen molar-refractivity contribution in [3.63, 3.8) is 0 Å². The molecule has 4 heterocycles. The van der Waals surface area contributed by atoms with E-state index in [1.54, 1.807) is 18.1 Å². The first-order valence-electron chi connectivity index (χ1n) is 16.9. The van der Waals surface area contributed by atoms with Gasteiger partial charge in [-0.3, -0.25) is 19.4 Å². The van der Waals surface area contributed by atoms with Gasteiger partial charge in [0.1, 0.15) is 18.1 Å². The second-order valence-corrected chi connectivity index (χ2v) is 13.3. The second kappa shape index (κ2) is 14.1. The average molecular weight is 637 g/mol. The Balaban J connectivity index is 1.07. The van der Waals surface area contributed by atoms with E-state index >= 15 is 0 Å². The molecule has 7 rings (SSSR count). The van der Waals surface area contributed by atoms with Crippen LogP contribution in [0.25, 0.3) is 11.6 Å². The summed E-state index contributed by atoms with van der Waals surface area (Å²) in [5, 5.41) is 9.48. The molecule has 1 aromatic heterocycles. The lowest BCUT2D eigenvalue weighted by atomic mass is 9.69. The number of carbonyl (C=O) groups excluding carboxylic acids is 2. The van der Waals surface area contributed by atoms with Crippen molar-refractivity contribution < 1.29 is 28.6 Å². The maximum Gasteiger partial charge on any atom is 0.234 e. The molecular weight excluding hydrogens is 592 g/mol. The quantitative estimate of drug-likeness (QED) is 0.213. The van der Waals surface area contributed by atoms with Crippen molar-refractivity contribution >= 4 is 23.5 Å². The smallest absolute Gasteiger partial charge is 0.234 e. The number of carbonyl (C=O) groups is 2. The van der Waals surface area contributed by atoms with Crippen molar-refractivity contribution in [2.24, 2.45) is 17.8 Å². The zero-order chi connectivity index (χ0) is 32.3. The molecule has 47 heavy (non-hydrogen) atoms. The molecule has 4 aliphatic rings. The highest BCUT2D eigenvalue weighted by Gasteiger charge is 2.58. The van der Waals surface area contributed by atoms with Crippen molar-refractivity contribution in [1.82, 2.24) is 9.80 Å². The number of methoxy groups -OCH3 is 1. The highest BCUT2D eigenvalue weighted by molar-refractivity contribution is 6.06. The van der Waals surface area contributed by atoms with Crippen LogP contribution in [0.1, 0.15) is 54.8 Å². The minimum absolute atomic E-state index is 0.00685. The highest BCUT2D eigenvalue weighted by Crippen LogP contribution is 2.51. The van der Waals surface area contributed by atoms with Crippen LogP contribution in [0.15, 0.2) is 88.4 Å². The third-order valence-electron chi connectivity index (χ3n) is 10.5. The molecule has 8 heteroatoms. The number of aliphatic hydroxyl groups is 1. The number of piperidine rings is 1. The van der Waals surface area contributed by atoms with Crippen molar-refractivity contribution in [3.8, 4) is 0 Å². The van der Waals surface area contributed by atoms with Crippen LogP contribution in [0, 0.1) is 17.8 Å². The Kier molecular flexibility index (Phi) is 9.54. The van der Waals surface area contributed by atoms with Crippen LogP contribution in [0.4, 0.5) is 0 Å². The molecule has 0 bridgehead atoms. The molecular formula is C39H44N2O6. The Hall–Kier alpha value is -3.82. The number of amides is 2. The molecule has 3 fully saturated rings. The lowest BCUT2D eigenvalue weighted by Gasteiger charge is -2.36. The number of furan rings is 1. The van der Waals surface area contributed by atoms with Gasteiger partial charge in [-0.05, 0) is 78.2 Å². The largest absolute Gasteiger partial charge is 0.459 e. The predicted octanol–water partition coefficient (Wildman–Crippen LogP) is 5.72. The van der Waals surface area contributed by atoms with E-state index in [0.717, 1.165) is 62.0 Å². The van der Waals surface area contributed by atoms with E-state index in [2.05, 4.69) is 41.3 Å². The molecule has 2 amide bonds. The molecule has 8 nitrogen and oxygen atoms in total. The van der Waals surface area contributed by atoms with Gasteiger partial charge in [0.2, 0.25) is 11.8 Å². The van der Waals surface area contributed by atoms with E-state index in [-0.39, 0.29) is 48.3 Å². The van der Waals surface area contributed by atoms with Gasteiger partial charge in [0.25, 0.3) is 0 Å². The maximum atomic E-state index is 14.2. The summed E-state index contributed by atoms with van der Waals surface area (Å²) in [6.45, 7) is 3.37. The Morgan fingerprint density at radius 3 is 2.40 bits per heavy atom. The van der Waals surface area contributed by atoms with Gasteiger partial charge in [-0.1, -0.05) is 60.7 Å². The summed E-state index contributed by atoms with van der Waals surface area (Å²) in [5.41, 5.74) is 5.78. The zero-order valence-corrected chi connectivity index (χ0v) is 27.1. The number of likely N-dealkylation sites (tertiary alicyclic amines) is 2. The van der Waals surface area contributed by atoms with Crippen LogP contribution in [0.5, 0.6) is 0 Å². The number of fused-ring (bicyclic) bond motifs is 3. The van der Waals surface area contributed by atoms with Crippen LogP contribution < -0.4 is 0 Å². The molecule has 246 valence electrons. The number of rotatable bonds is 11. The maximum absolute atomic E-state index is 14.2. The van der Waals surface area contributed by atoms with Gasteiger partial charge >= 0.3 is 0 Å². The molecule has 3 saturated heterocycles. The number of ether oxygens (including phenoxy) is 2.